The fourth-order valence-electron chi connectivity index (χ4n) is 1.49. The van der Waals surface area contributed by atoms with E-state index in [1.807, 2.05) is 25.9 Å². The van der Waals surface area contributed by atoms with Crippen molar-refractivity contribution in [1.82, 2.24) is 10.2 Å². The number of halogens is 1. The van der Waals surface area contributed by atoms with Gasteiger partial charge in [0.25, 0.3) is 5.91 Å². The molecule has 1 aromatic rings. The normalized spacial score (nSPS) is 10.6. The third kappa shape index (κ3) is 3.89. The fourth-order valence-corrected chi connectivity index (χ4v) is 1.65. The lowest BCUT2D eigenvalue weighted by Crippen LogP contribution is -2.31. The Morgan fingerprint density at radius 2 is 2.11 bits per heavy atom. The second kappa shape index (κ2) is 6.61. The average Bonchev–Trinajstić information content (AvgIpc) is 2.31. The Morgan fingerprint density at radius 3 is 2.67 bits per heavy atom. The Kier molecular flexibility index (Phi) is 5.44. The number of aryl methyl sites for hydroxylation is 1. The molecule has 1 N–H and O–H groups in total. The van der Waals surface area contributed by atoms with E-state index in [-0.39, 0.29) is 5.91 Å². The molecule has 0 aromatic heterocycles. The van der Waals surface area contributed by atoms with E-state index in [2.05, 4.69) is 5.32 Å². The molecule has 0 saturated heterocycles. The molecule has 0 heterocycles. The first-order chi connectivity index (χ1) is 8.45. The van der Waals surface area contributed by atoms with Gasteiger partial charge >= 0.3 is 0 Å². The highest BCUT2D eigenvalue weighted by Gasteiger charge is 2.14. The van der Waals surface area contributed by atoms with Gasteiger partial charge in [-0.1, -0.05) is 11.6 Å². The fraction of sp³-hybridized carbons (Fsp3) is 0.462. The van der Waals surface area contributed by atoms with Crippen molar-refractivity contribution < 1.29 is 9.53 Å². The number of rotatable bonds is 5. The molecule has 0 spiro atoms. The van der Waals surface area contributed by atoms with Crippen LogP contribution in [0.15, 0.2) is 12.1 Å². The van der Waals surface area contributed by atoms with Crippen LogP contribution >= 0.6 is 11.6 Å². The molecule has 0 bridgehead atoms. The van der Waals surface area contributed by atoms with Gasteiger partial charge in [0, 0.05) is 18.1 Å². The summed E-state index contributed by atoms with van der Waals surface area (Å²) in [5, 5.41) is 3.40. The van der Waals surface area contributed by atoms with Crippen LogP contribution in [-0.4, -0.2) is 45.1 Å². The summed E-state index contributed by atoms with van der Waals surface area (Å²) < 4.78 is 5.20. The van der Waals surface area contributed by atoms with Crippen molar-refractivity contribution in [2.24, 2.45) is 0 Å². The van der Waals surface area contributed by atoms with Gasteiger partial charge in [-0.3, -0.25) is 4.79 Å². The minimum Gasteiger partial charge on any atom is -0.496 e. The van der Waals surface area contributed by atoms with E-state index < -0.39 is 0 Å². The predicted molar refractivity (Wildman–Crippen MR) is 73.6 cm³/mol. The molecule has 0 aliphatic heterocycles. The van der Waals surface area contributed by atoms with E-state index in [4.69, 9.17) is 16.3 Å². The lowest BCUT2D eigenvalue weighted by molar-refractivity contribution is 0.0948. The smallest absolute Gasteiger partial charge is 0.255 e. The molecule has 1 rings (SSSR count). The molecular weight excluding hydrogens is 252 g/mol. The number of likely N-dealkylation sites (N-methyl/N-ethyl adjacent to an activating group) is 1. The Balaban J connectivity index is 2.81. The topological polar surface area (TPSA) is 41.6 Å². The molecule has 0 unspecified atom stereocenters. The summed E-state index contributed by atoms with van der Waals surface area (Å²) in [5.41, 5.74) is 1.35. The highest BCUT2D eigenvalue weighted by molar-refractivity contribution is 6.31. The zero-order valence-electron chi connectivity index (χ0n) is 11.2. The molecular formula is C13H19ClN2O2. The van der Waals surface area contributed by atoms with E-state index in [0.717, 1.165) is 12.1 Å². The Bertz CT molecular complexity index is 433. The van der Waals surface area contributed by atoms with E-state index in [1.54, 1.807) is 19.2 Å². The standard InChI is InChI=1S/C13H19ClN2O2/c1-9-7-12(18-4)10(8-11(9)14)13(17)15-5-6-16(2)3/h7-8H,5-6H2,1-4H3,(H,15,17). The van der Waals surface area contributed by atoms with E-state index in [0.29, 0.717) is 22.9 Å². The number of carbonyl (C=O) groups is 1. The lowest BCUT2D eigenvalue weighted by Gasteiger charge is -2.13. The monoisotopic (exact) mass is 270 g/mol. The predicted octanol–water partition coefficient (Wildman–Crippen LogP) is 1.95. The Morgan fingerprint density at radius 1 is 1.44 bits per heavy atom. The van der Waals surface area contributed by atoms with Gasteiger partial charge in [-0.25, -0.2) is 0 Å². The number of nitrogens with one attached hydrogen (secondary N) is 1. The molecule has 1 aromatic carbocycles. The van der Waals surface area contributed by atoms with Gasteiger partial charge in [0.2, 0.25) is 0 Å². The maximum Gasteiger partial charge on any atom is 0.255 e. The van der Waals surface area contributed by atoms with Gasteiger partial charge in [0.15, 0.2) is 0 Å². The second-order valence-corrected chi connectivity index (χ2v) is 4.77. The first kappa shape index (κ1) is 14.8. The Labute approximate surface area is 113 Å². The van der Waals surface area contributed by atoms with Gasteiger partial charge in [0.1, 0.15) is 5.75 Å². The number of amides is 1. The molecule has 100 valence electrons. The van der Waals surface area contributed by atoms with Crippen molar-refractivity contribution in [3.8, 4) is 5.75 Å². The number of carbonyl (C=O) groups excluding carboxylic acids is 1. The molecule has 18 heavy (non-hydrogen) atoms. The third-order valence-electron chi connectivity index (χ3n) is 2.57. The van der Waals surface area contributed by atoms with E-state index in [1.165, 1.54) is 0 Å². The molecule has 0 fully saturated rings. The first-order valence-electron chi connectivity index (χ1n) is 5.72. The SMILES string of the molecule is COc1cc(C)c(Cl)cc1C(=O)NCCN(C)C. The van der Waals surface area contributed by atoms with Crippen LogP contribution in [0, 0.1) is 6.92 Å². The maximum atomic E-state index is 12.0. The molecule has 0 atom stereocenters. The molecule has 0 radical (unpaired) electrons. The highest BCUT2D eigenvalue weighted by atomic mass is 35.5. The maximum absolute atomic E-state index is 12.0. The summed E-state index contributed by atoms with van der Waals surface area (Å²) in [6.07, 6.45) is 0. The van der Waals surface area contributed by atoms with Gasteiger partial charge in [-0.05, 0) is 38.7 Å². The van der Waals surface area contributed by atoms with Crippen LogP contribution in [0.2, 0.25) is 5.02 Å². The summed E-state index contributed by atoms with van der Waals surface area (Å²) in [4.78, 5) is 14.0. The molecule has 1 amide bonds. The minimum absolute atomic E-state index is 0.171. The molecule has 4 nitrogen and oxygen atoms in total. The highest BCUT2D eigenvalue weighted by Crippen LogP contribution is 2.26. The number of ether oxygens (including phenoxy) is 1. The van der Waals surface area contributed by atoms with Crippen LogP contribution in [0.5, 0.6) is 5.75 Å². The summed E-state index contributed by atoms with van der Waals surface area (Å²) in [7, 11) is 5.45. The Hall–Kier alpha value is -1.26. The summed E-state index contributed by atoms with van der Waals surface area (Å²) in [6.45, 7) is 3.24. The average molecular weight is 271 g/mol. The summed E-state index contributed by atoms with van der Waals surface area (Å²) >= 11 is 6.03. The van der Waals surface area contributed by atoms with Crippen LogP contribution in [0.25, 0.3) is 0 Å². The number of methoxy groups -OCH3 is 1. The van der Waals surface area contributed by atoms with Crippen molar-refractivity contribution in [3.05, 3.63) is 28.3 Å². The van der Waals surface area contributed by atoms with Crippen LogP contribution < -0.4 is 10.1 Å². The number of hydrogen-bond donors (Lipinski definition) is 1. The third-order valence-corrected chi connectivity index (χ3v) is 2.98. The quantitative estimate of drug-likeness (QED) is 0.889. The lowest BCUT2D eigenvalue weighted by atomic mass is 10.1. The largest absolute Gasteiger partial charge is 0.496 e. The van der Waals surface area contributed by atoms with Gasteiger partial charge < -0.3 is 15.0 Å². The zero-order chi connectivity index (χ0) is 13.7. The number of benzene rings is 1. The van der Waals surface area contributed by atoms with Gasteiger partial charge in [0.05, 0.1) is 12.7 Å². The van der Waals surface area contributed by atoms with Crippen molar-refractivity contribution in [1.29, 1.82) is 0 Å². The van der Waals surface area contributed by atoms with Crippen molar-refractivity contribution in [2.75, 3.05) is 34.3 Å². The number of hydrogen-bond acceptors (Lipinski definition) is 3. The minimum atomic E-state index is -0.171. The molecule has 0 aliphatic carbocycles. The molecule has 0 aliphatic rings. The van der Waals surface area contributed by atoms with Crippen molar-refractivity contribution >= 4 is 17.5 Å². The van der Waals surface area contributed by atoms with Crippen LogP contribution in [-0.2, 0) is 0 Å². The molecule has 5 heteroatoms. The summed E-state index contributed by atoms with van der Waals surface area (Å²) in [5.74, 6) is 0.370. The van der Waals surface area contributed by atoms with E-state index >= 15 is 0 Å². The second-order valence-electron chi connectivity index (χ2n) is 4.36. The zero-order valence-corrected chi connectivity index (χ0v) is 12.0. The van der Waals surface area contributed by atoms with Crippen LogP contribution in [0.3, 0.4) is 0 Å². The number of nitrogens with zero attached hydrogens (tertiary/aromatic N) is 1. The van der Waals surface area contributed by atoms with Crippen molar-refractivity contribution in [2.45, 2.75) is 6.92 Å². The van der Waals surface area contributed by atoms with Crippen LogP contribution in [0.1, 0.15) is 15.9 Å². The van der Waals surface area contributed by atoms with Gasteiger partial charge in [-0.2, -0.15) is 0 Å². The summed E-state index contributed by atoms with van der Waals surface area (Å²) in [6, 6.07) is 3.41. The van der Waals surface area contributed by atoms with Gasteiger partial charge in [-0.15, -0.1) is 0 Å². The van der Waals surface area contributed by atoms with Crippen molar-refractivity contribution in [3.63, 3.8) is 0 Å². The van der Waals surface area contributed by atoms with E-state index in [9.17, 15) is 4.79 Å². The van der Waals surface area contributed by atoms with Crippen LogP contribution in [0.4, 0.5) is 0 Å². The molecule has 0 saturated carbocycles. The first-order valence-corrected chi connectivity index (χ1v) is 6.10.